The zero-order chi connectivity index (χ0) is 15.4. The van der Waals surface area contributed by atoms with E-state index in [0.717, 1.165) is 27.0 Å². The highest BCUT2D eigenvalue weighted by Crippen LogP contribution is 2.24. The zero-order valence-corrected chi connectivity index (χ0v) is 14.0. The number of nitrogens with one attached hydrogen (secondary N) is 2. The first-order chi connectivity index (χ1) is 9.97. The summed E-state index contributed by atoms with van der Waals surface area (Å²) in [5, 5.41) is 5.77. The van der Waals surface area contributed by atoms with Gasteiger partial charge in [-0.3, -0.25) is 0 Å². The molecule has 2 rings (SSSR count). The highest BCUT2D eigenvalue weighted by atomic mass is 79.9. The fourth-order valence-corrected chi connectivity index (χ4v) is 2.37. The Labute approximate surface area is 133 Å². The van der Waals surface area contributed by atoms with Gasteiger partial charge in [0.25, 0.3) is 0 Å². The van der Waals surface area contributed by atoms with E-state index in [9.17, 15) is 4.79 Å². The average molecular weight is 347 g/mol. The second-order valence-corrected chi connectivity index (χ2v) is 6.14. The molecule has 0 saturated carbocycles. The lowest BCUT2D eigenvalue weighted by molar-refractivity contribution is 0.262. The summed E-state index contributed by atoms with van der Waals surface area (Å²) in [5.74, 6) is 0.358. The van der Waals surface area contributed by atoms with Gasteiger partial charge in [-0.2, -0.15) is 0 Å². The minimum absolute atomic E-state index is 0.232. The molecule has 2 amide bonds. The normalized spacial score (nSPS) is 10.5. The van der Waals surface area contributed by atoms with E-state index in [4.69, 9.17) is 0 Å². The number of carbonyl (C=O) groups excluding carboxylic acids is 1. The fraction of sp³-hybridized carbons (Fsp3) is 0.235. The maximum absolute atomic E-state index is 12.1. The van der Waals surface area contributed by atoms with Crippen LogP contribution in [-0.2, 0) is 0 Å². The van der Waals surface area contributed by atoms with Crippen LogP contribution in [0.5, 0.6) is 0 Å². The lowest BCUT2D eigenvalue weighted by Crippen LogP contribution is -2.20. The van der Waals surface area contributed by atoms with Crippen LogP contribution in [0.3, 0.4) is 0 Å². The molecule has 0 heterocycles. The Hall–Kier alpha value is -1.81. The Kier molecular flexibility index (Phi) is 5.02. The smallest absolute Gasteiger partial charge is 0.308 e. The Balaban J connectivity index is 2.10. The van der Waals surface area contributed by atoms with Crippen LogP contribution in [0.15, 0.2) is 46.9 Å². The molecule has 0 radical (unpaired) electrons. The molecule has 0 aliphatic rings. The van der Waals surface area contributed by atoms with Crippen LogP contribution < -0.4 is 10.6 Å². The van der Waals surface area contributed by atoms with E-state index in [2.05, 4.69) is 40.4 Å². The summed E-state index contributed by atoms with van der Waals surface area (Å²) in [6.07, 6.45) is 0. The minimum Gasteiger partial charge on any atom is -0.308 e. The van der Waals surface area contributed by atoms with Gasteiger partial charge in [-0.05, 0) is 48.2 Å². The lowest BCUT2D eigenvalue weighted by Gasteiger charge is -2.14. The number of benzene rings is 2. The van der Waals surface area contributed by atoms with E-state index in [1.54, 1.807) is 0 Å². The molecule has 0 bridgehead atoms. The van der Waals surface area contributed by atoms with Crippen molar-refractivity contribution < 1.29 is 4.79 Å². The van der Waals surface area contributed by atoms with E-state index in [1.165, 1.54) is 0 Å². The molecule has 0 spiro atoms. The third kappa shape index (κ3) is 4.08. The van der Waals surface area contributed by atoms with Crippen LogP contribution in [0.2, 0.25) is 0 Å². The maximum atomic E-state index is 12.1. The van der Waals surface area contributed by atoms with E-state index in [-0.39, 0.29) is 6.03 Å². The van der Waals surface area contributed by atoms with Crippen LogP contribution in [-0.4, -0.2) is 6.03 Å². The van der Waals surface area contributed by atoms with Gasteiger partial charge in [-0.1, -0.05) is 48.0 Å². The van der Waals surface area contributed by atoms with Gasteiger partial charge in [-0.25, -0.2) is 4.79 Å². The van der Waals surface area contributed by atoms with Gasteiger partial charge in [0.1, 0.15) is 0 Å². The molecule has 0 atom stereocenters. The first kappa shape index (κ1) is 15.6. The summed E-state index contributed by atoms with van der Waals surface area (Å²) in [4.78, 5) is 12.1. The molecule has 0 saturated heterocycles. The SMILES string of the molecule is Cc1cc(NC(=O)Nc2ccccc2C(C)C)ccc1Br. The predicted molar refractivity (Wildman–Crippen MR) is 92.1 cm³/mol. The molecule has 0 aliphatic carbocycles. The topological polar surface area (TPSA) is 41.1 Å². The van der Waals surface area contributed by atoms with Crippen LogP contribution in [0, 0.1) is 6.92 Å². The van der Waals surface area contributed by atoms with E-state index in [1.807, 2.05) is 49.4 Å². The number of aryl methyl sites for hydroxylation is 1. The Morgan fingerprint density at radius 1 is 1.10 bits per heavy atom. The average Bonchev–Trinajstić information content (AvgIpc) is 2.43. The Morgan fingerprint density at radius 2 is 1.81 bits per heavy atom. The van der Waals surface area contributed by atoms with Crippen molar-refractivity contribution in [2.45, 2.75) is 26.7 Å². The van der Waals surface area contributed by atoms with Crippen LogP contribution in [0.1, 0.15) is 30.9 Å². The summed E-state index contributed by atoms with van der Waals surface area (Å²) < 4.78 is 1.03. The van der Waals surface area contributed by atoms with Crippen LogP contribution >= 0.6 is 15.9 Å². The second-order valence-electron chi connectivity index (χ2n) is 5.29. The first-order valence-electron chi connectivity index (χ1n) is 6.90. The minimum atomic E-state index is -0.232. The second kappa shape index (κ2) is 6.76. The molecule has 2 N–H and O–H groups in total. The molecule has 0 aliphatic heterocycles. The molecule has 3 nitrogen and oxygen atoms in total. The third-order valence-corrected chi connectivity index (χ3v) is 4.14. The lowest BCUT2D eigenvalue weighted by atomic mass is 10.0. The van der Waals surface area contributed by atoms with Gasteiger partial charge in [0.15, 0.2) is 0 Å². The maximum Gasteiger partial charge on any atom is 0.323 e. The van der Waals surface area contributed by atoms with Gasteiger partial charge in [0.2, 0.25) is 0 Å². The predicted octanol–water partition coefficient (Wildman–Crippen LogP) is 5.52. The number of para-hydroxylation sites is 1. The summed E-state index contributed by atoms with van der Waals surface area (Å²) in [6.45, 7) is 6.20. The Bertz CT molecular complexity index is 653. The zero-order valence-electron chi connectivity index (χ0n) is 12.4. The quantitative estimate of drug-likeness (QED) is 0.754. The number of rotatable bonds is 3. The summed E-state index contributed by atoms with van der Waals surface area (Å²) >= 11 is 3.45. The van der Waals surface area contributed by atoms with Crippen molar-refractivity contribution in [2.75, 3.05) is 10.6 Å². The van der Waals surface area contributed by atoms with Gasteiger partial charge in [-0.15, -0.1) is 0 Å². The van der Waals surface area contributed by atoms with Gasteiger partial charge >= 0.3 is 6.03 Å². The number of anilines is 2. The monoisotopic (exact) mass is 346 g/mol. The molecule has 4 heteroatoms. The summed E-state index contributed by atoms with van der Waals surface area (Å²) in [6, 6.07) is 13.3. The van der Waals surface area contributed by atoms with Crippen LogP contribution in [0.25, 0.3) is 0 Å². The molecule has 0 fully saturated rings. The molecule has 2 aromatic rings. The molecular formula is C17H19BrN2O. The van der Waals surface area contributed by atoms with Gasteiger partial charge in [0.05, 0.1) is 0 Å². The molecule has 2 aromatic carbocycles. The molecule has 0 aromatic heterocycles. The highest BCUT2D eigenvalue weighted by Gasteiger charge is 2.09. The standard InChI is InChI=1S/C17H19BrN2O/c1-11(2)14-6-4-5-7-16(14)20-17(21)19-13-8-9-15(18)12(3)10-13/h4-11H,1-3H3,(H2,19,20,21). The molecular weight excluding hydrogens is 328 g/mol. The summed E-state index contributed by atoms with van der Waals surface area (Å²) in [5.41, 5.74) is 3.82. The third-order valence-electron chi connectivity index (χ3n) is 3.25. The van der Waals surface area contributed by atoms with Gasteiger partial charge in [0, 0.05) is 15.8 Å². The highest BCUT2D eigenvalue weighted by molar-refractivity contribution is 9.10. The van der Waals surface area contributed by atoms with Crippen molar-refractivity contribution in [2.24, 2.45) is 0 Å². The number of amides is 2. The van der Waals surface area contributed by atoms with Crippen molar-refractivity contribution in [3.63, 3.8) is 0 Å². The number of hydrogen-bond acceptors (Lipinski definition) is 1. The fourth-order valence-electron chi connectivity index (χ4n) is 2.12. The van der Waals surface area contributed by atoms with E-state index < -0.39 is 0 Å². The van der Waals surface area contributed by atoms with Crippen molar-refractivity contribution >= 4 is 33.3 Å². The van der Waals surface area contributed by atoms with Crippen molar-refractivity contribution in [1.82, 2.24) is 0 Å². The largest absolute Gasteiger partial charge is 0.323 e. The molecule has 21 heavy (non-hydrogen) atoms. The van der Waals surface area contributed by atoms with Crippen molar-refractivity contribution in [1.29, 1.82) is 0 Å². The number of hydrogen-bond donors (Lipinski definition) is 2. The van der Waals surface area contributed by atoms with Crippen LogP contribution in [0.4, 0.5) is 16.2 Å². The van der Waals surface area contributed by atoms with Gasteiger partial charge < -0.3 is 10.6 Å². The van der Waals surface area contributed by atoms with E-state index >= 15 is 0 Å². The first-order valence-corrected chi connectivity index (χ1v) is 7.69. The molecule has 0 unspecified atom stereocenters. The van der Waals surface area contributed by atoms with E-state index in [0.29, 0.717) is 5.92 Å². The van der Waals surface area contributed by atoms with Crippen molar-refractivity contribution in [3.05, 3.63) is 58.1 Å². The van der Waals surface area contributed by atoms with Crippen molar-refractivity contribution in [3.8, 4) is 0 Å². The summed E-state index contributed by atoms with van der Waals surface area (Å²) in [7, 11) is 0. The number of carbonyl (C=O) groups is 1. The number of urea groups is 1. The number of halogens is 1. The Morgan fingerprint density at radius 3 is 2.48 bits per heavy atom. The molecule has 110 valence electrons.